The minimum atomic E-state index is -1.18. The first kappa shape index (κ1) is 18.3. The highest BCUT2D eigenvalue weighted by molar-refractivity contribution is 6.05. The van der Waals surface area contributed by atoms with Gasteiger partial charge in [-0.15, -0.1) is 0 Å². The molecule has 3 rings (SSSR count). The van der Waals surface area contributed by atoms with Gasteiger partial charge in [0.25, 0.3) is 0 Å². The van der Waals surface area contributed by atoms with Crippen LogP contribution in [-0.2, 0) is 23.8 Å². The second kappa shape index (κ2) is 7.42. The zero-order valence-electron chi connectivity index (χ0n) is 14.6. The summed E-state index contributed by atoms with van der Waals surface area (Å²) in [7, 11) is 2.39. The third-order valence-electron chi connectivity index (χ3n) is 4.04. The highest BCUT2D eigenvalue weighted by Crippen LogP contribution is 2.32. The SMILES string of the molecule is COC(=O)C1=C(C(=O)OC)N(c2cccc3ccc(C(=O)O)nc23)COC1. The number of anilines is 1. The maximum Gasteiger partial charge on any atom is 0.355 e. The van der Waals surface area contributed by atoms with Gasteiger partial charge in [-0.2, -0.15) is 0 Å². The fraction of sp³-hybridized carbons (Fsp3) is 0.222. The molecule has 2 aromatic rings. The molecule has 0 amide bonds. The van der Waals surface area contributed by atoms with Gasteiger partial charge in [-0.25, -0.2) is 19.4 Å². The standard InChI is InChI=1S/C18H16N2O7/c1-25-17(23)11-8-27-9-20(15(11)18(24)26-2)13-5-3-4-10-6-7-12(16(21)22)19-14(10)13/h3-7H,8-9H2,1-2H3,(H,21,22). The van der Waals surface area contributed by atoms with Crippen LogP contribution in [0.15, 0.2) is 41.6 Å². The van der Waals surface area contributed by atoms with E-state index in [1.54, 1.807) is 24.3 Å². The van der Waals surface area contributed by atoms with Crippen LogP contribution in [0.25, 0.3) is 10.9 Å². The van der Waals surface area contributed by atoms with Gasteiger partial charge in [0.2, 0.25) is 0 Å². The number of pyridine rings is 1. The van der Waals surface area contributed by atoms with Crippen molar-refractivity contribution in [3.63, 3.8) is 0 Å². The summed E-state index contributed by atoms with van der Waals surface area (Å²) in [6.45, 7) is -0.171. The van der Waals surface area contributed by atoms with E-state index in [-0.39, 0.29) is 30.3 Å². The number of nitrogens with zero attached hydrogens (tertiary/aromatic N) is 2. The number of carboxylic acid groups (broad SMARTS) is 1. The fourth-order valence-electron chi connectivity index (χ4n) is 2.80. The minimum Gasteiger partial charge on any atom is -0.477 e. The van der Waals surface area contributed by atoms with Crippen LogP contribution in [0.4, 0.5) is 5.69 Å². The third-order valence-corrected chi connectivity index (χ3v) is 4.04. The Kier molecular flexibility index (Phi) is 5.04. The molecule has 9 heteroatoms. The van der Waals surface area contributed by atoms with Gasteiger partial charge in [-0.3, -0.25) is 0 Å². The summed E-state index contributed by atoms with van der Waals surface area (Å²) in [6, 6.07) is 8.13. The molecule has 0 atom stereocenters. The summed E-state index contributed by atoms with van der Waals surface area (Å²) in [6.07, 6.45) is 0. The second-order valence-electron chi connectivity index (χ2n) is 5.57. The van der Waals surface area contributed by atoms with Gasteiger partial charge in [0.1, 0.15) is 18.1 Å². The first-order valence-electron chi connectivity index (χ1n) is 7.86. The average molecular weight is 372 g/mol. The maximum absolute atomic E-state index is 12.4. The van der Waals surface area contributed by atoms with Crippen LogP contribution < -0.4 is 4.90 Å². The van der Waals surface area contributed by atoms with Gasteiger partial charge in [-0.1, -0.05) is 18.2 Å². The minimum absolute atomic E-state index is 0.00184. The molecule has 0 spiro atoms. The molecule has 1 aromatic heterocycles. The number of carbonyl (C=O) groups excluding carboxylic acids is 2. The summed E-state index contributed by atoms with van der Waals surface area (Å²) in [5.74, 6) is -2.65. The first-order valence-corrected chi connectivity index (χ1v) is 7.86. The predicted molar refractivity (Wildman–Crippen MR) is 93.1 cm³/mol. The molecule has 0 bridgehead atoms. The van der Waals surface area contributed by atoms with Crippen LogP contribution in [0.1, 0.15) is 10.5 Å². The summed E-state index contributed by atoms with van der Waals surface area (Å²) >= 11 is 0. The molecular formula is C18H16N2O7. The molecule has 0 unspecified atom stereocenters. The van der Waals surface area contributed by atoms with Crippen molar-refractivity contribution in [3.05, 3.63) is 47.3 Å². The van der Waals surface area contributed by atoms with E-state index in [0.29, 0.717) is 16.6 Å². The number of rotatable bonds is 4. The molecule has 27 heavy (non-hydrogen) atoms. The molecule has 1 aliphatic rings. The normalized spacial score (nSPS) is 14.2. The lowest BCUT2D eigenvalue weighted by Gasteiger charge is -2.31. The predicted octanol–water partition coefficient (Wildman–Crippen LogP) is 1.33. The Morgan fingerprint density at radius 2 is 1.85 bits per heavy atom. The molecule has 1 N–H and O–H groups in total. The summed E-state index contributed by atoms with van der Waals surface area (Å²) in [4.78, 5) is 41.4. The highest BCUT2D eigenvalue weighted by atomic mass is 16.5. The van der Waals surface area contributed by atoms with E-state index in [1.165, 1.54) is 25.2 Å². The van der Waals surface area contributed by atoms with E-state index in [9.17, 15) is 19.5 Å². The molecule has 2 heterocycles. The molecule has 0 saturated heterocycles. The molecule has 1 aromatic carbocycles. The van der Waals surface area contributed by atoms with E-state index in [0.717, 1.165) is 0 Å². The summed E-state index contributed by atoms with van der Waals surface area (Å²) < 4.78 is 15.0. The summed E-state index contributed by atoms with van der Waals surface area (Å²) in [5, 5.41) is 9.88. The lowest BCUT2D eigenvalue weighted by Crippen LogP contribution is -2.39. The van der Waals surface area contributed by atoms with Crippen molar-refractivity contribution >= 4 is 34.5 Å². The van der Waals surface area contributed by atoms with Gasteiger partial charge < -0.3 is 24.2 Å². The van der Waals surface area contributed by atoms with Crippen molar-refractivity contribution in [2.75, 3.05) is 32.5 Å². The van der Waals surface area contributed by atoms with Crippen LogP contribution in [0, 0.1) is 0 Å². The van der Waals surface area contributed by atoms with Crippen molar-refractivity contribution in [2.24, 2.45) is 0 Å². The Balaban J connectivity index is 2.24. The number of ether oxygens (including phenoxy) is 3. The molecule has 140 valence electrons. The quantitative estimate of drug-likeness (QED) is 0.793. The van der Waals surface area contributed by atoms with Crippen molar-refractivity contribution in [1.82, 2.24) is 4.98 Å². The zero-order chi connectivity index (χ0) is 19.6. The van der Waals surface area contributed by atoms with Gasteiger partial charge in [0.05, 0.1) is 37.6 Å². The molecule has 0 fully saturated rings. The first-order chi connectivity index (χ1) is 13.0. The zero-order valence-corrected chi connectivity index (χ0v) is 14.6. The molecule has 1 aliphatic heterocycles. The molecule has 0 saturated carbocycles. The van der Waals surface area contributed by atoms with E-state index >= 15 is 0 Å². The number of hydrogen-bond acceptors (Lipinski definition) is 8. The van der Waals surface area contributed by atoms with E-state index in [4.69, 9.17) is 14.2 Å². The number of benzene rings is 1. The number of aromatic carboxylic acids is 1. The summed E-state index contributed by atoms with van der Waals surface area (Å²) in [5.41, 5.74) is 0.558. The lowest BCUT2D eigenvalue weighted by atomic mass is 10.1. The van der Waals surface area contributed by atoms with E-state index in [1.807, 2.05) is 0 Å². The number of fused-ring (bicyclic) bond motifs is 1. The van der Waals surface area contributed by atoms with Crippen molar-refractivity contribution < 1.29 is 33.7 Å². The number of esters is 2. The largest absolute Gasteiger partial charge is 0.477 e. The third kappa shape index (κ3) is 3.32. The molecular weight excluding hydrogens is 356 g/mol. The van der Waals surface area contributed by atoms with E-state index in [2.05, 4.69) is 4.98 Å². The highest BCUT2D eigenvalue weighted by Gasteiger charge is 2.33. The Hall–Kier alpha value is -3.46. The Morgan fingerprint density at radius 3 is 2.52 bits per heavy atom. The number of hydrogen-bond donors (Lipinski definition) is 1. The Labute approximate surface area is 153 Å². The van der Waals surface area contributed by atoms with Crippen molar-refractivity contribution in [1.29, 1.82) is 0 Å². The van der Waals surface area contributed by atoms with Gasteiger partial charge in [0.15, 0.2) is 0 Å². The van der Waals surface area contributed by atoms with Crippen LogP contribution >= 0.6 is 0 Å². The van der Waals surface area contributed by atoms with Crippen LogP contribution in [0.3, 0.4) is 0 Å². The molecule has 9 nitrogen and oxygen atoms in total. The second-order valence-corrected chi connectivity index (χ2v) is 5.57. The lowest BCUT2D eigenvalue weighted by molar-refractivity contribution is -0.140. The van der Waals surface area contributed by atoms with E-state index < -0.39 is 17.9 Å². The number of carboxylic acids is 1. The molecule has 0 aliphatic carbocycles. The smallest absolute Gasteiger partial charge is 0.355 e. The molecule has 0 radical (unpaired) electrons. The monoisotopic (exact) mass is 372 g/mol. The number of carbonyl (C=O) groups is 3. The van der Waals surface area contributed by atoms with Crippen LogP contribution in [0.2, 0.25) is 0 Å². The van der Waals surface area contributed by atoms with Crippen LogP contribution in [0.5, 0.6) is 0 Å². The van der Waals surface area contributed by atoms with Crippen LogP contribution in [-0.4, -0.2) is 55.6 Å². The van der Waals surface area contributed by atoms with Gasteiger partial charge in [-0.05, 0) is 12.1 Å². The topological polar surface area (TPSA) is 115 Å². The number of aromatic nitrogens is 1. The number of methoxy groups -OCH3 is 2. The van der Waals surface area contributed by atoms with Crippen molar-refractivity contribution in [3.8, 4) is 0 Å². The fourth-order valence-corrected chi connectivity index (χ4v) is 2.80. The van der Waals surface area contributed by atoms with Gasteiger partial charge >= 0.3 is 17.9 Å². The maximum atomic E-state index is 12.4. The van der Waals surface area contributed by atoms with Crippen molar-refractivity contribution in [2.45, 2.75) is 0 Å². The van der Waals surface area contributed by atoms with Gasteiger partial charge in [0, 0.05) is 5.39 Å². The Morgan fingerprint density at radius 1 is 1.11 bits per heavy atom. The Bertz CT molecular complexity index is 967. The number of para-hydroxylation sites is 1. The average Bonchev–Trinajstić information content (AvgIpc) is 2.71.